The van der Waals surface area contributed by atoms with E-state index in [9.17, 15) is 24.0 Å². The topological polar surface area (TPSA) is 85.3 Å². The molecule has 0 atom stereocenters. The molecule has 27 heavy (non-hydrogen) atoms. The molecule has 2 rings (SSSR count). The second kappa shape index (κ2) is 8.50. The van der Waals surface area contributed by atoms with E-state index >= 15 is 0 Å². The van der Waals surface area contributed by atoms with Gasteiger partial charge in [0.05, 0.1) is 0 Å². The van der Waals surface area contributed by atoms with Crippen LogP contribution in [0.4, 0.5) is 0 Å². The normalized spacial score (nSPS) is 10.4. The second-order valence-corrected chi connectivity index (χ2v) is 6.83. The van der Waals surface area contributed by atoms with E-state index in [1.165, 1.54) is 12.1 Å². The first-order chi connectivity index (χ1) is 12.5. The van der Waals surface area contributed by atoms with Crippen LogP contribution in [0.1, 0.15) is 51.8 Å². The summed E-state index contributed by atoms with van der Waals surface area (Å²) >= 11 is 27.5. The molecule has 0 N–H and O–H groups in total. The molecule has 0 aromatic heterocycles. The van der Waals surface area contributed by atoms with Crippen molar-refractivity contribution in [2.45, 2.75) is 0 Å². The fourth-order valence-electron chi connectivity index (χ4n) is 2.38. The lowest BCUT2D eigenvalue weighted by molar-refractivity contribution is 0.106. The molecule has 0 saturated heterocycles. The molecule has 0 bridgehead atoms. The summed E-state index contributed by atoms with van der Waals surface area (Å²) < 4.78 is 0. The highest BCUT2D eigenvalue weighted by atomic mass is 35.5. The summed E-state index contributed by atoms with van der Waals surface area (Å²) in [7, 11) is 0. The van der Waals surface area contributed by atoms with E-state index < -0.39 is 26.2 Å². The Labute approximate surface area is 177 Å². The van der Waals surface area contributed by atoms with Gasteiger partial charge in [0.15, 0.2) is 0 Å². The summed E-state index contributed by atoms with van der Waals surface area (Å²) in [6.07, 6.45) is 0. The van der Waals surface area contributed by atoms with Gasteiger partial charge < -0.3 is 0 Å². The average molecular weight is 466 g/mol. The lowest BCUT2D eigenvalue weighted by Gasteiger charge is -2.14. The van der Waals surface area contributed by atoms with Crippen LogP contribution in [0.2, 0.25) is 0 Å². The Kier molecular flexibility index (Phi) is 6.78. The smallest absolute Gasteiger partial charge is 0.253 e. The van der Waals surface area contributed by atoms with Crippen LogP contribution in [0.5, 0.6) is 0 Å². The van der Waals surface area contributed by atoms with E-state index in [-0.39, 0.29) is 38.9 Å². The van der Waals surface area contributed by atoms with Crippen LogP contribution < -0.4 is 0 Å². The molecule has 5 nitrogen and oxygen atoms in total. The predicted molar refractivity (Wildman–Crippen MR) is 103 cm³/mol. The zero-order valence-corrected chi connectivity index (χ0v) is 16.6. The molecular formula is C17H5Cl5O5. The molecule has 0 saturated carbocycles. The molecule has 138 valence electrons. The van der Waals surface area contributed by atoms with E-state index in [0.717, 1.165) is 18.2 Å². The molecule has 2 aromatic rings. The monoisotopic (exact) mass is 464 g/mol. The first-order valence-electron chi connectivity index (χ1n) is 6.85. The van der Waals surface area contributed by atoms with Crippen LogP contribution in [-0.4, -0.2) is 26.2 Å². The largest absolute Gasteiger partial charge is 0.276 e. The minimum absolute atomic E-state index is 0.0343. The summed E-state index contributed by atoms with van der Waals surface area (Å²) in [5.74, 6) is 0. The third-order valence-electron chi connectivity index (χ3n) is 3.46. The quantitative estimate of drug-likeness (QED) is 0.543. The van der Waals surface area contributed by atoms with Crippen molar-refractivity contribution in [1.29, 1.82) is 0 Å². The Morgan fingerprint density at radius 2 is 0.815 bits per heavy atom. The van der Waals surface area contributed by atoms with Crippen molar-refractivity contribution in [3.63, 3.8) is 0 Å². The first kappa shape index (κ1) is 21.5. The van der Waals surface area contributed by atoms with Gasteiger partial charge in [-0.3, -0.25) is 24.0 Å². The van der Waals surface area contributed by atoms with Crippen molar-refractivity contribution in [2.24, 2.45) is 0 Å². The Morgan fingerprint density at radius 1 is 0.481 bits per heavy atom. The SMILES string of the molecule is O=C(Cl)c1cc(C(=O)Cl)cc(-c2c(C(=O)Cl)cc(C(=O)Cl)cc2C(=O)Cl)c1. The highest BCUT2D eigenvalue weighted by molar-refractivity contribution is 6.71. The highest BCUT2D eigenvalue weighted by Gasteiger charge is 2.24. The van der Waals surface area contributed by atoms with Crippen molar-refractivity contribution < 1.29 is 24.0 Å². The standard InChI is InChI=1S/C17H5Cl5O5/c18-13(23)7-1-6(2-8(3-7)14(19)24)12-10(16(21)26)4-9(15(20)25)5-11(12)17(22)27/h1-5H. The van der Waals surface area contributed by atoms with Crippen molar-refractivity contribution in [3.8, 4) is 11.1 Å². The molecule has 0 fully saturated rings. The molecule has 0 spiro atoms. The number of hydrogen-bond acceptors (Lipinski definition) is 5. The number of hydrogen-bond donors (Lipinski definition) is 0. The number of halogens is 5. The minimum atomic E-state index is -1.04. The van der Waals surface area contributed by atoms with Gasteiger partial charge in [0.1, 0.15) is 0 Å². The summed E-state index contributed by atoms with van der Waals surface area (Å²) in [6, 6.07) is 5.67. The van der Waals surface area contributed by atoms with E-state index in [1.807, 2.05) is 0 Å². The summed E-state index contributed by atoms with van der Waals surface area (Å²) in [5.41, 5.74) is -1.12. The van der Waals surface area contributed by atoms with E-state index in [2.05, 4.69) is 0 Å². The van der Waals surface area contributed by atoms with Crippen LogP contribution in [0.25, 0.3) is 11.1 Å². The van der Waals surface area contributed by atoms with Crippen molar-refractivity contribution in [2.75, 3.05) is 0 Å². The third kappa shape index (κ3) is 4.75. The van der Waals surface area contributed by atoms with Gasteiger partial charge in [-0.05, 0) is 93.9 Å². The molecule has 0 unspecified atom stereocenters. The van der Waals surface area contributed by atoms with Gasteiger partial charge >= 0.3 is 0 Å². The number of carbonyl (C=O) groups excluding carboxylic acids is 5. The first-order valence-corrected chi connectivity index (χ1v) is 8.74. The highest BCUT2D eigenvalue weighted by Crippen LogP contribution is 2.34. The Balaban J connectivity index is 2.98. The van der Waals surface area contributed by atoms with Crippen molar-refractivity contribution in [3.05, 3.63) is 58.1 Å². The molecule has 0 heterocycles. The van der Waals surface area contributed by atoms with Gasteiger partial charge in [0, 0.05) is 33.4 Å². The molecule has 0 radical (unpaired) electrons. The summed E-state index contributed by atoms with van der Waals surface area (Å²) in [5, 5.41) is -4.86. The molecular weight excluding hydrogens is 461 g/mol. The molecule has 10 heteroatoms. The maximum Gasteiger partial charge on any atom is 0.253 e. The fraction of sp³-hybridized carbons (Fsp3) is 0. The van der Waals surface area contributed by atoms with E-state index in [1.54, 1.807) is 0 Å². The van der Waals surface area contributed by atoms with Gasteiger partial charge in [-0.15, -0.1) is 0 Å². The average Bonchev–Trinajstić information content (AvgIpc) is 2.59. The predicted octanol–water partition coefficient (Wildman–Crippen LogP) is 5.25. The third-order valence-corrected chi connectivity index (χ3v) is 4.53. The van der Waals surface area contributed by atoms with Crippen LogP contribution >= 0.6 is 58.0 Å². The molecule has 0 aliphatic heterocycles. The Hall–Kier alpha value is -1.76. The molecule has 2 aromatic carbocycles. The Morgan fingerprint density at radius 3 is 1.11 bits per heavy atom. The lowest BCUT2D eigenvalue weighted by atomic mass is 9.91. The van der Waals surface area contributed by atoms with Gasteiger partial charge in [-0.2, -0.15) is 0 Å². The number of carbonyl (C=O) groups is 5. The van der Waals surface area contributed by atoms with Gasteiger partial charge in [0.2, 0.25) is 0 Å². The molecule has 0 aliphatic carbocycles. The van der Waals surface area contributed by atoms with Crippen molar-refractivity contribution in [1.82, 2.24) is 0 Å². The fourth-order valence-corrected chi connectivity index (χ4v) is 3.00. The molecule has 0 amide bonds. The Bertz CT molecular complexity index is 961. The molecule has 0 aliphatic rings. The van der Waals surface area contributed by atoms with Crippen LogP contribution in [0.15, 0.2) is 30.3 Å². The van der Waals surface area contributed by atoms with Crippen LogP contribution in [0, 0.1) is 0 Å². The number of rotatable bonds is 6. The van der Waals surface area contributed by atoms with Gasteiger partial charge in [-0.25, -0.2) is 0 Å². The van der Waals surface area contributed by atoms with Gasteiger partial charge in [-0.1, -0.05) is 0 Å². The zero-order chi connectivity index (χ0) is 20.5. The van der Waals surface area contributed by atoms with Crippen LogP contribution in [-0.2, 0) is 0 Å². The maximum absolute atomic E-state index is 11.9. The van der Waals surface area contributed by atoms with Crippen molar-refractivity contribution >= 4 is 84.2 Å². The minimum Gasteiger partial charge on any atom is -0.276 e. The van der Waals surface area contributed by atoms with E-state index in [4.69, 9.17) is 58.0 Å². The second-order valence-electron chi connectivity index (χ2n) is 5.11. The maximum atomic E-state index is 11.9. The number of benzene rings is 2. The summed E-state index contributed by atoms with van der Waals surface area (Å²) in [4.78, 5) is 58.4. The van der Waals surface area contributed by atoms with Gasteiger partial charge in [0.25, 0.3) is 26.2 Å². The lowest BCUT2D eigenvalue weighted by Crippen LogP contribution is -2.07. The summed E-state index contributed by atoms with van der Waals surface area (Å²) in [6.45, 7) is 0. The van der Waals surface area contributed by atoms with Crippen LogP contribution in [0.3, 0.4) is 0 Å². The van der Waals surface area contributed by atoms with E-state index in [0.29, 0.717) is 0 Å². The zero-order valence-electron chi connectivity index (χ0n) is 12.8.